The first-order valence-corrected chi connectivity index (χ1v) is 8.25. The van der Waals surface area contributed by atoms with Gasteiger partial charge in [0.25, 0.3) is 0 Å². The molecule has 0 fully saturated rings. The number of pyridine rings is 1. The highest BCUT2D eigenvalue weighted by atomic mass is 16.1. The Morgan fingerprint density at radius 1 is 1.12 bits per heavy atom. The summed E-state index contributed by atoms with van der Waals surface area (Å²) in [5.41, 5.74) is 4.56. The predicted octanol–water partition coefficient (Wildman–Crippen LogP) is 2.64. The predicted molar refractivity (Wildman–Crippen MR) is 93.9 cm³/mol. The molecule has 5 nitrogen and oxygen atoms in total. The first kappa shape index (κ1) is 16.2. The number of aromatic nitrogens is 3. The summed E-state index contributed by atoms with van der Waals surface area (Å²) < 4.78 is 1.95. The van der Waals surface area contributed by atoms with E-state index in [9.17, 15) is 4.79 Å². The average Bonchev–Trinajstić information content (AvgIpc) is 2.97. The number of nitrogens with zero attached hydrogens (tertiary/aromatic N) is 3. The smallest absolute Gasteiger partial charge is 0.220 e. The summed E-state index contributed by atoms with van der Waals surface area (Å²) in [5.74, 6) is 0.934. The van der Waals surface area contributed by atoms with Crippen molar-refractivity contribution in [3.8, 4) is 0 Å². The van der Waals surface area contributed by atoms with Gasteiger partial charge in [0, 0.05) is 25.6 Å². The molecule has 3 rings (SSSR count). The Balaban J connectivity index is 1.47. The Labute approximate surface area is 141 Å². The molecule has 3 aromatic rings. The Kier molecular flexibility index (Phi) is 4.89. The van der Waals surface area contributed by atoms with Crippen LogP contribution < -0.4 is 5.32 Å². The molecule has 0 radical (unpaired) electrons. The first-order chi connectivity index (χ1) is 11.6. The van der Waals surface area contributed by atoms with E-state index in [1.54, 1.807) is 0 Å². The van der Waals surface area contributed by atoms with Gasteiger partial charge in [0.05, 0.1) is 0 Å². The Bertz CT molecular complexity index is 853. The number of hydrogen-bond acceptors (Lipinski definition) is 3. The maximum Gasteiger partial charge on any atom is 0.220 e. The van der Waals surface area contributed by atoms with Gasteiger partial charge in [-0.2, -0.15) is 0 Å². The van der Waals surface area contributed by atoms with Gasteiger partial charge < -0.3 is 5.32 Å². The summed E-state index contributed by atoms with van der Waals surface area (Å²) in [7, 11) is 0. The van der Waals surface area contributed by atoms with Crippen LogP contribution in [0.15, 0.2) is 42.6 Å². The Hall–Kier alpha value is -2.69. The lowest BCUT2D eigenvalue weighted by molar-refractivity contribution is -0.121. The van der Waals surface area contributed by atoms with Crippen molar-refractivity contribution in [3.63, 3.8) is 0 Å². The molecule has 24 heavy (non-hydrogen) atoms. The zero-order valence-electron chi connectivity index (χ0n) is 14.1. The fourth-order valence-electron chi connectivity index (χ4n) is 2.84. The minimum absolute atomic E-state index is 0.0730. The van der Waals surface area contributed by atoms with E-state index in [2.05, 4.69) is 47.6 Å². The second-order valence-corrected chi connectivity index (χ2v) is 6.07. The first-order valence-electron chi connectivity index (χ1n) is 8.25. The molecule has 1 aromatic carbocycles. The number of aryl methyl sites for hydroxylation is 3. The van der Waals surface area contributed by atoms with Crippen LogP contribution in [0.4, 0.5) is 0 Å². The van der Waals surface area contributed by atoms with Crippen LogP contribution in [0.1, 0.15) is 28.9 Å². The van der Waals surface area contributed by atoms with E-state index in [0.717, 1.165) is 17.9 Å². The quantitative estimate of drug-likeness (QED) is 0.759. The second kappa shape index (κ2) is 7.25. The van der Waals surface area contributed by atoms with Crippen molar-refractivity contribution < 1.29 is 4.79 Å². The summed E-state index contributed by atoms with van der Waals surface area (Å²) >= 11 is 0. The third kappa shape index (κ3) is 3.79. The molecule has 1 N–H and O–H groups in total. The summed E-state index contributed by atoms with van der Waals surface area (Å²) in [6, 6.07) is 12.2. The number of fused-ring (bicyclic) bond motifs is 1. The molecule has 0 aliphatic carbocycles. The number of nitrogens with one attached hydrogen (secondary N) is 1. The largest absolute Gasteiger partial charge is 0.356 e. The third-order valence-electron chi connectivity index (χ3n) is 4.17. The molecule has 0 aliphatic rings. The SMILES string of the molecule is Cc1ccc(CCC(=O)NCCc2nnc3ccccn23)c(C)c1. The van der Waals surface area contributed by atoms with Crippen LogP contribution in [-0.2, 0) is 17.6 Å². The second-order valence-electron chi connectivity index (χ2n) is 6.07. The van der Waals surface area contributed by atoms with Crippen LogP contribution in [0.3, 0.4) is 0 Å². The normalized spacial score (nSPS) is 10.9. The van der Waals surface area contributed by atoms with Crippen LogP contribution in [0.2, 0.25) is 0 Å². The van der Waals surface area contributed by atoms with Gasteiger partial charge in [0.2, 0.25) is 5.91 Å². The molecule has 0 bridgehead atoms. The number of amides is 1. The van der Waals surface area contributed by atoms with Crippen molar-refractivity contribution in [2.45, 2.75) is 33.1 Å². The van der Waals surface area contributed by atoms with Crippen LogP contribution in [0.5, 0.6) is 0 Å². The van der Waals surface area contributed by atoms with Crippen molar-refractivity contribution in [2.24, 2.45) is 0 Å². The molecule has 0 saturated carbocycles. The van der Waals surface area contributed by atoms with Gasteiger partial charge in [-0.25, -0.2) is 0 Å². The van der Waals surface area contributed by atoms with Crippen LogP contribution in [0, 0.1) is 13.8 Å². The lowest BCUT2D eigenvalue weighted by atomic mass is 10.0. The highest BCUT2D eigenvalue weighted by Crippen LogP contribution is 2.12. The monoisotopic (exact) mass is 322 g/mol. The van der Waals surface area contributed by atoms with E-state index in [1.165, 1.54) is 16.7 Å². The molecule has 0 saturated heterocycles. The summed E-state index contributed by atoms with van der Waals surface area (Å²) in [4.78, 5) is 12.0. The molecular formula is C19H22N4O. The third-order valence-corrected chi connectivity index (χ3v) is 4.17. The van der Waals surface area contributed by atoms with Crippen molar-refractivity contribution in [2.75, 3.05) is 6.54 Å². The lowest BCUT2D eigenvalue weighted by Crippen LogP contribution is -2.26. The molecular weight excluding hydrogens is 300 g/mol. The van der Waals surface area contributed by atoms with Crippen molar-refractivity contribution in [1.82, 2.24) is 19.9 Å². The molecule has 2 heterocycles. The minimum Gasteiger partial charge on any atom is -0.356 e. The summed E-state index contributed by atoms with van der Waals surface area (Å²) in [6.07, 6.45) is 3.88. The van der Waals surface area contributed by atoms with E-state index in [1.807, 2.05) is 28.8 Å². The van der Waals surface area contributed by atoms with Gasteiger partial charge in [-0.05, 0) is 43.5 Å². The van der Waals surface area contributed by atoms with Crippen LogP contribution in [-0.4, -0.2) is 27.0 Å². The lowest BCUT2D eigenvalue weighted by Gasteiger charge is -2.08. The standard InChI is InChI=1S/C19H22N4O/c1-14-6-7-16(15(2)13-14)8-9-19(24)20-11-10-18-22-21-17-5-3-4-12-23(17)18/h3-7,12-13H,8-11H2,1-2H3,(H,20,24). The molecule has 0 atom stereocenters. The molecule has 124 valence electrons. The molecule has 1 amide bonds. The number of rotatable bonds is 6. The molecule has 5 heteroatoms. The highest BCUT2D eigenvalue weighted by Gasteiger charge is 2.07. The molecule has 0 unspecified atom stereocenters. The van der Waals surface area contributed by atoms with Gasteiger partial charge in [0.15, 0.2) is 5.65 Å². The molecule has 2 aromatic heterocycles. The van der Waals surface area contributed by atoms with Crippen molar-refractivity contribution in [3.05, 3.63) is 65.1 Å². The Morgan fingerprint density at radius 3 is 2.83 bits per heavy atom. The maximum atomic E-state index is 12.0. The minimum atomic E-state index is 0.0730. The Morgan fingerprint density at radius 2 is 2.00 bits per heavy atom. The number of benzene rings is 1. The topological polar surface area (TPSA) is 59.3 Å². The molecule has 0 spiro atoms. The van der Waals surface area contributed by atoms with E-state index in [0.29, 0.717) is 19.4 Å². The zero-order chi connectivity index (χ0) is 16.9. The van der Waals surface area contributed by atoms with Gasteiger partial charge >= 0.3 is 0 Å². The van der Waals surface area contributed by atoms with Crippen molar-refractivity contribution in [1.29, 1.82) is 0 Å². The van der Waals surface area contributed by atoms with Gasteiger partial charge in [-0.3, -0.25) is 9.20 Å². The van der Waals surface area contributed by atoms with Gasteiger partial charge in [0.1, 0.15) is 5.82 Å². The van der Waals surface area contributed by atoms with Crippen molar-refractivity contribution >= 4 is 11.6 Å². The van der Waals surface area contributed by atoms with Gasteiger partial charge in [-0.15, -0.1) is 10.2 Å². The maximum absolute atomic E-state index is 12.0. The van der Waals surface area contributed by atoms with Crippen LogP contribution >= 0.6 is 0 Å². The van der Waals surface area contributed by atoms with E-state index >= 15 is 0 Å². The zero-order valence-corrected chi connectivity index (χ0v) is 14.1. The fourth-order valence-corrected chi connectivity index (χ4v) is 2.84. The average molecular weight is 322 g/mol. The summed E-state index contributed by atoms with van der Waals surface area (Å²) in [6.45, 7) is 4.75. The number of hydrogen-bond donors (Lipinski definition) is 1. The number of carbonyl (C=O) groups excluding carboxylic acids is 1. The van der Waals surface area contributed by atoms with E-state index in [-0.39, 0.29) is 5.91 Å². The van der Waals surface area contributed by atoms with Crippen LogP contribution in [0.25, 0.3) is 5.65 Å². The van der Waals surface area contributed by atoms with E-state index in [4.69, 9.17) is 0 Å². The number of carbonyl (C=O) groups is 1. The summed E-state index contributed by atoms with van der Waals surface area (Å²) in [5, 5.41) is 11.2. The highest BCUT2D eigenvalue weighted by molar-refractivity contribution is 5.76. The van der Waals surface area contributed by atoms with Gasteiger partial charge in [-0.1, -0.05) is 29.8 Å². The fraction of sp³-hybridized carbons (Fsp3) is 0.316. The molecule has 0 aliphatic heterocycles. The van der Waals surface area contributed by atoms with E-state index < -0.39 is 0 Å².